The normalized spacial score (nSPS) is 14.0. The highest BCUT2D eigenvalue weighted by molar-refractivity contribution is 7.47. The highest BCUT2D eigenvalue weighted by Crippen LogP contribution is 2.45. The van der Waals surface area contributed by atoms with E-state index >= 15 is 0 Å². The molecule has 558 valence electrons. The van der Waals surface area contributed by atoms with Gasteiger partial charge in [-0.25, -0.2) is 9.13 Å². The van der Waals surface area contributed by atoms with Gasteiger partial charge in [-0.15, -0.1) is 0 Å². The lowest BCUT2D eigenvalue weighted by Crippen LogP contribution is -2.30. The monoisotopic (exact) mass is 1380 g/mol. The molecule has 0 bridgehead atoms. The molecule has 0 saturated heterocycles. The van der Waals surface area contributed by atoms with E-state index in [1.165, 1.54) is 212 Å². The van der Waals surface area contributed by atoms with Crippen LogP contribution < -0.4 is 0 Å². The van der Waals surface area contributed by atoms with E-state index in [1.807, 2.05) is 0 Å². The number of hydrogen-bond donors (Lipinski definition) is 3. The first-order chi connectivity index (χ1) is 45.5. The van der Waals surface area contributed by atoms with Gasteiger partial charge in [-0.3, -0.25) is 37.3 Å². The molecule has 0 saturated carbocycles. The van der Waals surface area contributed by atoms with E-state index in [1.54, 1.807) is 0 Å². The van der Waals surface area contributed by atoms with Gasteiger partial charge in [0.1, 0.15) is 19.3 Å². The smallest absolute Gasteiger partial charge is 0.462 e. The van der Waals surface area contributed by atoms with Crippen LogP contribution in [-0.2, 0) is 65.4 Å². The van der Waals surface area contributed by atoms with Crippen molar-refractivity contribution < 1.29 is 80.2 Å². The fourth-order valence-electron chi connectivity index (χ4n) is 11.5. The number of aliphatic hydroxyl groups excluding tert-OH is 1. The first-order valence-corrected chi connectivity index (χ1v) is 42.1. The predicted molar refractivity (Wildman–Crippen MR) is 382 cm³/mol. The molecule has 0 heterocycles. The summed E-state index contributed by atoms with van der Waals surface area (Å²) in [5.41, 5.74) is 0. The van der Waals surface area contributed by atoms with Crippen molar-refractivity contribution in [2.75, 3.05) is 39.6 Å². The van der Waals surface area contributed by atoms with E-state index in [0.717, 1.165) is 102 Å². The molecule has 5 atom stereocenters. The maximum absolute atomic E-state index is 13.1. The maximum atomic E-state index is 13.1. The van der Waals surface area contributed by atoms with Crippen LogP contribution in [0.1, 0.15) is 394 Å². The SMILES string of the molecule is CCCCCCCCCCCCCCCCCCCC(=O)O[C@H](COC(=O)CCCCCCCCCCCCCCCCCC)COP(=O)(O)OC[C@@H](O)COP(=O)(O)OC[C@@H](COC(=O)CCCCCCCCCC)OC(=O)CCCCCCCCCCCCC(C)C. The molecule has 0 amide bonds. The second kappa shape index (κ2) is 68.2. The van der Waals surface area contributed by atoms with Crippen LogP contribution in [0.15, 0.2) is 0 Å². The van der Waals surface area contributed by atoms with Gasteiger partial charge in [0, 0.05) is 25.7 Å². The molecule has 0 aromatic rings. The van der Waals surface area contributed by atoms with Gasteiger partial charge in [0.2, 0.25) is 0 Å². The van der Waals surface area contributed by atoms with Crippen molar-refractivity contribution >= 4 is 39.5 Å². The molecule has 17 nitrogen and oxygen atoms in total. The first-order valence-electron chi connectivity index (χ1n) is 39.1. The van der Waals surface area contributed by atoms with E-state index in [4.69, 9.17) is 37.0 Å². The Hall–Kier alpha value is -1.94. The van der Waals surface area contributed by atoms with Crippen LogP contribution in [0.4, 0.5) is 0 Å². The van der Waals surface area contributed by atoms with Crippen LogP contribution in [0.2, 0.25) is 0 Å². The third-order valence-corrected chi connectivity index (χ3v) is 19.4. The Labute approximate surface area is 575 Å². The second-order valence-corrected chi connectivity index (χ2v) is 30.4. The van der Waals surface area contributed by atoms with Gasteiger partial charge in [0.25, 0.3) is 0 Å². The third kappa shape index (κ3) is 68.6. The number of hydrogen-bond acceptors (Lipinski definition) is 15. The lowest BCUT2D eigenvalue weighted by Gasteiger charge is -2.21. The van der Waals surface area contributed by atoms with Crippen LogP contribution in [0.3, 0.4) is 0 Å². The Kier molecular flexibility index (Phi) is 66.8. The van der Waals surface area contributed by atoms with Crippen LogP contribution in [0.5, 0.6) is 0 Å². The first kappa shape index (κ1) is 92.1. The van der Waals surface area contributed by atoms with Crippen molar-refractivity contribution in [1.82, 2.24) is 0 Å². The Bertz CT molecular complexity index is 1810. The van der Waals surface area contributed by atoms with Crippen molar-refractivity contribution in [3.05, 3.63) is 0 Å². The van der Waals surface area contributed by atoms with E-state index in [-0.39, 0.29) is 25.7 Å². The molecule has 0 aliphatic carbocycles. The van der Waals surface area contributed by atoms with Crippen LogP contribution in [0.25, 0.3) is 0 Å². The Morgan fingerprint density at radius 1 is 0.287 bits per heavy atom. The highest BCUT2D eigenvalue weighted by Gasteiger charge is 2.30. The summed E-state index contributed by atoms with van der Waals surface area (Å²) in [6.07, 6.45) is 56.9. The quantitative estimate of drug-likeness (QED) is 0.0222. The summed E-state index contributed by atoms with van der Waals surface area (Å²) in [6, 6.07) is 0. The molecule has 0 spiro atoms. The number of rotatable bonds is 75. The van der Waals surface area contributed by atoms with Gasteiger partial charge in [0.05, 0.1) is 26.4 Å². The Balaban J connectivity index is 5.21. The second-order valence-electron chi connectivity index (χ2n) is 27.5. The van der Waals surface area contributed by atoms with E-state index in [2.05, 4.69) is 34.6 Å². The fraction of sp³-hybridized carbons (Fsp3) is 0.947. The summed E-state index contributed by atoms with van der Waals surface area (Å²) in [7, 11) is -9.90. The summed E-state index contributed by atoms with van der Waals surface area (Å²) in [6.45, 7) is 7.26. The van der Waals surface area contributed by atoms with Gasteiger partial charge in [-0.2, -0.15) is 0 Å². The minimum Gasteiger partial charge on any atom is -0.462 e. The number of phosphoric acid groups is 2. The summed E-state index contributed by atoms with van der Waals surface area (Å²) in [4.78, 5) is 72.7. The average molecular weight is 1380 g/mol. The molecule has 0 aromatic heterocycles. The standard InChI is InChI=1S/C75H146O17P2/c1-6-9-12-15-18-21-23-25-27-29-31-33-35-40-45-50-55-60-74(79)92-71(65-86-73(78)59-54-49-44-39-34-32-30-28-26-24-22-19-16-13-10-7-2)67-90-94(83,84)88-63-69(76)62-87-93(81,82)89-66-70(64-85-72(77)58-53-48-43-20-17-14-11-8-3)91-75(80)61-56-51-46-41-37-36-38-42-47-52-57-68(4)5/h68-71,76H,6-67H2,1-5H3,(H,81,82)(H,83,84)/t69-,70+,71+/m0/s1. The maximum Gasteiger partial charge on any atom is 0.472 e. The molecule has 0 aliphatic heterocycles. The Morgan fingerprint density at radius 3 is 0.723 bits per heavy atom. The number of unbranched alkanes of at least 4 members (excludes halogenated alkanes) is 47. The van der Waals surface area contributed by atoms with Crippen LogP contribution in [-0.4, -0.2) is 96.7 Å². The van der Waals surface area contributed by atoms with Gasteiger partial charge < -0.3 is 33.8 Å². The van der Waals surface area contributed by atoms with Gasteiger partial charge in [0.15, 0.2) is 12.2 Å². The van der Waals surface area contributed by atoms with Crippen molar-refractivity contribution in [2.24, 2.45) is 5.92 Å². The molecule has 0 aliphatic rings. The summed E-state index contributed by atoms with van der Waals surface area (Å²) in [5.74, 6) is -1.36. The van der Waals surface area contributed by atoms with E-state index in [9.17, 15) is 43.2 Å². The molecule has 19 heteroatoms. The summed E-state index contributed by atoms with van der Waals surface area (Å²) < 4.78 is 68.4. The average Bonchev–Trinajstić information content (AvgIpc) is 1.59. The van der Waals surface area contributed by atoms with Crippen molar-refractivity contribution in [2.45, 2.75) is 412 Å². The lowest BCUT2D eigenvalue weighted by molar-refractivity contribution is -0.161. The zero-order valence-electron chi connectivity index (χ0n) is 61.1. The van der Waals surface area contributed by atoms with Crippen LogP contribution in [0, 0.1) is 5.92 Å². The largest absolute Gasteiger partial charge is 0.472 e. The molecule has 0 radical (unpaired) electrons. The summed E-state index contributed by atoms with van der Waals surface area (Å²) >= 11 is 0. The Morgan fingerprint density at radius 2 is 0.489 bits per heavy atom. The third-order valence-electron chi connectivity index (χ3n) is 17.5. The predicted octanol–water partition coefficient (Wildman–Crippen LogP) is 22.1. The van der Waals surface area contributed by atoms with Crippen molar-refractivity contribution in [3.63, 3.8) is 0 Å². The molecule has 3 N–H and O–H groups in total. The molecular formula is C75H146O17P2. The zero-order valence-corrected chi connectivity index (χ0v) is 62.9. The number of phosphoric ester groups is 2. The fourth-order valence-corrected chi connectivity index (χ4v) is 13.1. The number of ether oxygens (including phenoxy) is 4. The topological polar surface area (TPSA) is 237 Å². The highest BCUT2D eigenvalue weighted by atomic mass is 31.2. The molecule has 2 unspecified atom stereocenters. The van der Waals surface area contributed by atoms with Crippen molar-refractivity contribution in [3.8, 4) is 0 Å². The molecule has 0 aromatic carbocycles. The van der Waals surface area contributed by atoms with E-state index < -0.39 is 97.5 Å². The van der Waals surface area contributed by atoms with Crippen LogP contribution >= 0.6 is 15.6 Å². The number of carbonyl (C=O) groups excluding carboxylic acids is 4. The van der Waals surface area contributed by atoms with Crippen molar-refractivity contribution in [1.29, 1.82) is 0 Å². The van der Waals surface area contributed by atoms with E-state index in [0.29, 0.717) is 25.7 Å². The lowest BCUT2D eigenvalue weighted by atomic mass is 10.0. The van der Waals surface area contributed by atoms with Gasteiger partial charge >= 0.3 is 39.5 Å². The van der Waals surface area contributed by atoms with Gasteiger partial charge in [-0.05, 0) is 31.6 Å². The zero-order chi connectivity index (χ0) is 69.1. The molecule has 0 rings (SSSR count). The molecule has 94 heavy (non-hydrogen) atoms. The number of esters is 4. The number of aliphatic hydroxyl groups is 1. The van der Waals surface area contributed by atoms with Gasteiger partial charge in [-0.1, -0.05) is 343 Å². The molecular weight excluding hydrogens is 1230 g/mol. The molecule has 0 fully saturated rings. The minimum atomic E-state index is -4.96. The summed E-state index contributed by atoms with van der Waals surface area (Å²) in [5, 5.41) is 10.6. The number of carbonyl (C=O) groups is 4. The minimum absolute atomic E-state index is 0.106.